The van der Waals surface area contributed by atoms with Crippen molar-refractivity contribution >= 4 is 0 Å². The van der Waals surface area contributed by atoms with Crippen molar-refractivity contribution < 1.29 is 22.7 Å². The smallest absolute Gasteiger partial charge is 0.393 e. The summed E-state index contributed by atoms with van der Waals surface area (Å²) >= 11 is 0. The number of halogens is 4. The van der Waals surface area contributed by atoms with Crippen molar-refractivity contribution in [2.75, 3.05) is 0 Å². The van der Waals surface area contributed by atoms with Gasteiger partial charge in [0.25, 0.3) is 0 Å². The maximum Gasteiger partial charge on any atom is 0.416 e. The van der Waals surface area contributed by atoms with E-state index in [1.165, 1.54) is 0 Å². The maximum atomic E-state index is 13.2. The second-order valence-corrected chi connectivity index (χ2v) is 3.57. The van der Waals surface area contributed by atoms with Crippen molar-refractivity contribution in [1.29, 1.82) is 0 Å². The van der Waals surface area contributed by atoms with E-state index in [1.54, 1.807) is 6.92 Å². The average molecular weight is 236 g/mol. The molecule has 16 heavy (non-hydrogen) atoms. The maximum absolute atomic E-state index is 13.2. The van der Waals surface area contributed by atoms with Crippen LogP contribution >= 0.6 is 0 Å². The first-order chi connectivity index (χ1) is 7.34. The van der Waals surface area contributed by atoms with E-state index in [4.69, 9.17) is 0 Å². The van der Waals surface area contributed by atoms with Crippen LogP contribution in [0.5, 0.6) is 0 Å². The highest BCUT2D eigenvalue weighted by Crippen LogP contribution is 2.30. The van der Waals surface area contributed by atoms with Gasteiger partial charge in [0.15, 0.2) is 0 Å². The zero-order chi connectivity index (χ0) is 12.3. The van der Waals surface area contributed by atoms with Crippen LogP contribution in [0.15, 0.2) is 18.2 Å². The number of hydrogen-bond acceptors (Lipinski definition) is 1. The Morgan fingerprint density at radius 1 is 1.31 bits per heavy atom. The van der Waals surface area contributed by atoms with Crippen molar-refractivity contribution in [3.05, 3.63) is 35.1 Å². The lowest BCUT2D eigenvalue weighted by Crippen LogP contribution is -2.12. The molecule has 1 atom stereocenters. The molecule has 0 aromatic heterocycles. The Kier molecular flexibility index (Phi) is 3.91. The van der Waals surface area contributed by atoms with Gasteiger partial charge < -0.3 is 5.11 Å². The number of rotatable bonds is 3. The summed E-state index contributed by atoms with van der Waals surface area (Å²) in [5, 5.41) is 9.28. The average Bonchev–Trinajstić information content (AvgIpc) is 2.19. The van der Waals surface area contributed by atoms with Crippen LogP contribution in [0.25, 0.3) is 0 Å². The van der Waals surface area contributed by atoms with Gasteiger partial charge in [-0.3, -0.25) is 0 Å². The molecule has 1 N–H and O–H groups in total. The fourth-order valence-corrected chi connectivity index (χ4v) is 1.31. The van der Waals surface area contributed by atoms with Gasteiger partial charge in [0.05, 0.1) is 11.7 Å². The predicted octanol–water partition coefficient (Wildman–Crippen LogP) is 3.16. The molecule has 0 aliphatic heterocycles. The molecule has 0 bridgehead atoms. The fraction of sp³-hybridized carbons (Fsp3) is 0.455. The van der Waals surface area contributed by atoms with Crippen LogP contribution in [-0.2, 0) is 12.6 Å². The van der Waals surface area contributed by atoms with Crippen LogP contribution in [-0.4, -0.2) is 11.2 Å². The second kappa shape index (κ2) is 4.82. The number of aliphatic hydroxyl groups excluding tert-OH is 1. The van der Waals surface area contributed by atoms with Gasteiger partial charge >= 0.3 is 6.18 Å². The Bertz CT molecular complexity index is 359. The monoisotopic (exact) mass is 236 g/mol. The third-order valence-electron chi connectivity index (χ3n) is 2.30. The lowest BCUT2D eigenvalue weighted by molar-refractivity contribution is -0.137. The summed E-state index contributed by atoms with van der Waals surface area (Å²) in [7, 11) is 0. The van der Waals surface area contributed by atoms with Gasteiger partial charge in [0.1, 0.15) is 5.82 Å². The van der Waals surface area contributed by atoms with Crippen molar-refractivity contribution in [2.24, 2.45) is 0 Å². The van der Waals surface area contributed by atoms with E-state index in [2.05, 4.69) is 0 Å². The van der Waals surface area contributed by atoms with Gasteiger partial charge in [-0.25, -0.2) is 4.39 Å². The summed E-state index contributed by atoms with van der Waals surface area (Å²) < 4.78 is 50.2. The molecule has 0 fully saturated rings. The first-order valence-corrected chi connectivity index (χ1v) is 4.88. The summed E-state index contributed by atoms with van der Waals surface area (Å²) in [6.07, 6.45) is -5.04. The van der Waals surface area contributed by atoms with E-state index in [1.807, 2.05) is 0 Å². The van der Waals surface area contributed by atoms with Crippen molar-refractivity contribution in [2.45, 2.75) is 32.0 Å². The molecule has 1 nitrogen and oxygen atoms in total. The van der Waals surface area contributed by atoms with Gasteiger partial charge in [0.2, 0.25) is 0 Å². The Hall–Kier alpha value is -1.10. The van der Waals surface area contributed by atoms with Gasteiger partial charge in [-0.15, -0.1) is 0 Å². The molecule has 0 heterocycles. The molecule has 0 saturated heterocycles. The normalized spacial score (nSPS) is 13.9. The van der Waals surface area contributed by atoms with E-state index in [-0.39, 0.29) is 12.0 Å². The lowest BCUT2D eigenvalue weighted by atomic mass is 10.0. The van der Waals surface area contributed by atoms with Crippen LogP contribution in [0, 0.1) is 5.82 Å². The van der Waals surface area contributed by atoms with Crippen LogP contribution in [0.4, 0.5) is 17.6 Å². The molecule has 90 valence electrons. The Morgan fingerprint density at radius 2 is 1.94 bits per heavy atom. The molecule has 0 aliphatic rings. The summed E-state index contributed by atoms with van der Waals surface area (Å²) in [6, 6.07) is 2.21. The molecule has 5 heteroatoms. The quantitative estimate of drug-likeness (QED) is 0.799. The molecule has 1 unspecified atom stereocenters. The lowest BCUT2D eigenvalue weighted by Gasteiger charge is -2.12. The molecule has 0 radical (unpaired) electrons. The molecule has 0 saturated carbocycles. The largest absolute Gasteiger partial charge is 0.416 e. The van der Waals surface area contributed by atoms with Crippen LogP contribution in [0.3, 0.4) is 0 Å². The molecule has 1 rings (SSSR count). The Balaban J connectivity index is 3.00. The topological polar surface area (TPSA) is 20.2 Å². The third kappa shape index (κ3) is 3.20. The minimum absolute atomic E-state index is 0.105. The van der Waals surface area contributed by atoms with Gasteiger partial charge in [-0.05, 0) is 30.2 Å². The van der Waals surface area contributed by atoms with E-state index in [0.717, 1.165) is 12.1 Å². The molecule has 1 aromatic carbocycles. The number of benzene rings is 1. The highest BCUT2D eigenvalue weighted by molar-refractivity contribution is 5.27. The highest BCUT2D eigenvalue weighted by atomic mass is 19.4. The van der Waals surface area contributed by atoms with E-state index in [0.29, 0.717) is 12.5 Å². The van der Waals surface area contributed by atoms with Gasteiger partial charge in [-0.1, -0.05) is 6.92 Å². The summed E-state index contributed by atoms with van der Waals surface area (Å²) in [5.74, 6) is -0.722. The zero-order valence-corrected chi connectivity index (χ0v) is 8.68. The van der Waals surface area contributed by atoms with Crippen LogP contribution in [0.1, 0.15) is 24.5 Å². The SMILES string of the molecule is CCC(O)Cc1cc(C(F)(F)F)ccc1F. The van der Waals surface area contributed by atoms with Gasteiger partial charge in [0, 0.05) is 6.42 Å². The van der Waals surface area contributed by atoms with E-state index < -0.39 is 23.7 Å². The third-order valence-corrected chi connectivity index (χ3v) is 2.30. The highest BCUT2D eigenvalue weighted by Gasteiger charge is 2.31. The predicted molar refractivity (Wildman–Crippen MR) is 51.4 cm³/mol. The zero-order valence-electron chi connectivity index (χ0n) is 8.68. The number of hydrogen-bond donors (Lipinski definition) is 1. The minimum atomic E-state index is -4.49. The van der Waals surface area contributed by atoms with Crippen molar-refractivity contribution in [1.82, 2.24) is 0 Å². The molecular weight excluding hydrogens is 224 g/mol. The second-order valence-electron chi connectivity index (χ2n) is 3.57. The van der Waals surface area contributed by atoms with Gasteiger partial charge in [-0.2, -0.15) is 13.2 Å². The molecule has 1 aromatic rings. The van der Waals surface area contributed by atoms with E-state index >= 15 is 0 Å². The van der Waals surface area contributed by atoms with Crippen molar-refractivity contribution in [3.63, 3.8) is 0 Å². The molecule has 0 amide bonds. The molecule has 0 spiro atoms. The fourth-order valence-electron chi connectivity index (χ4n) is 1.31. The minimum Gasteiger partial charge on any atom is -0.393 e. The number of aliphatic hydroxyl groups is 1. The number of alkyl halides is 3. The summed E-state index contributed by atoms with van der Waals surface area (Å²) in [6.45, 7) is 1.68. The summed E-state index contributed by atoms with van der Waals surface area (Å²) in [5.41, 5.74) is -1.00. The van der Waals surface area contributed by atoms with Crippen LogP contribution < -0.4 is 0 Å². The first kappa shape index (κ1) is 13.0. The first-order valence-electron chi connectivity index (χ1n) is 4.88. The summed E-state index contributed by atoms with van der Waals surface area (Å²) in [4.78, 5) is 0. The molecule has 0 aliphatic carbocycles. The Morgan fingerprint density at radius 3 is 2.44 bits per heavy atom. The van der Waals surface area contributed by atoms with E-state index in [9.17, 15) is 22.7 Å². The standard InChI is InChI=1S/C11H12F4O/c1-2-9(16)6-7-5-8(11(13,14)15)3-4-10(7)12/h3-5,9,16H,2,6H2,1H3. The van der Waals surface area contributed by atoms with Crippen molar-refractivity contribution in [3.8, 4) is 0 Å². The van der Waals surface area contributed by atoms with Crippen LogP contribution in [0.2, 0.25) is 0 Å². The molecular formula is C11H12F4O. The Labute approximate surface area is 90.7 Å².